The number of nitrogens with zero attached hydrogens (tertiary/aromatic N) is 2. The zero-order valence-electron chi connectivity index (χ0n) is 23.4. The van der Waals surface area contributed by atoms with Crippen LogP contribution in [0, 0.1) is 0 Å². The number of hydrogen-bond acceptors (Lipinski definition) is 6. The number of methoxy groups -OCH3 is 2. The Bertz CT molecular complexity index is 1650. The highest BCUT2D eigenvalue weighted by atomic mass is 16.5. The van der Waals surface area contributed by atoms with Crippen molar-refractivity contribution in [3.8, 4) is 11.5 Å². The number of carbonyl (C=O) groups is 3. The highest BCUT2D eigenvalue weighted by molar-refractivity contribution is 6.08. The summed E-state index contributed by atoms with van der Waals surface area (Å²) in [7, 11) is 3.09. The molecule has 10 heteroatoms. The Hall–Kier alpha value is -4.83. The number of β-amino-alcohol motifs (C(OH)–C–C–N with tert-alkyl or cyclic N) is 1. The lowest BCUT2D eigenvalue weighted by molar-refractivity contribution is -0.130. The van der Waals surface area contributed by atoms with Crippen LogP contribution in [0.5, 0.6) is 11.5 Å². The molecule has 1 saturated heterocycles. The number of nitrogens with one attached hydrogen (secondary N) is 2. The average Bonchev–Trinajstić information content (AvgIpc) is 3.62. The lowest BCUT2D eigenvalue weighted by Crippen LogP contribution is -2.56. The SMILES string of the molecule is COc1cc2c(cc1OC)N(Cc1ccccc1)C(=O)C(NC(=O)C1C[C@@H](O)CN1C(=O)c1c[nH]c3ccccc13)C2. The Labute approximate surface area is 242 Å². The number of likely N-dealkylation sites (tertiary alicyclic amines) is 1. The van der Waals surface area contributed by atoms with Gasteiger partial charge in [0.1, 0.15) is 12.1 Å². The minimum absolute atomic E-state index is 0.0228. The fraction of sp³-hybridized carbons (Fsp3) is 0.281. The minimum Gasteiger partial charge on any atom is -0.493 e. The zero-order valence-corrected chi connectivity index (χ0v) is 23.4. The van der Waals surface area contributed by atoms with E-state index in [1.165, 1.54) is 4.90 Å². The number of hydrogen-bond donors (Lipinski definition) is 3. The van der Waals surface area contributed by atoms with Gasteiger partial charge < -0.3 is 34.7 Å². The van der Waals surface area contributed by atoms with E-state index in [-0.39, 0.29) is 31.2 Å². The molecule has 2 aliphatic rings. The lowest BCUT2D eigenvalue weighted by Gasteiger charge is -2.36. The van der Waals surface area contributed by atoms with Crippen LogP contribution < -0.4 is 19.7 Å². The summed E-state index contributed by atoms with van der Waals surface area (Å²) in [6.45, 7) is 0.316. The third-order valence-electron chi connectivity index (χ3n) is 8.03. The number of fused-ring (bicyclic) bond motifs is 2. The van der Waals surface area contributed by atoms with Gasteiger partial charge in [0.05, 0.1) is 38.1 Å². The molecular weight excluding hydrogens is 536 g/mol. The molecule has 0 bridgehead atoms. The van der Waals surface area contributed by atoms with E-state index < -0.39 is 24.1 Å². The van der Waals surface area contributed by atoms with Crippen molar-refractivity contribution >= 4 is 34.3 Å². The molecule has 6 rings (SSSR count). The van der Waals surface area contributed by atoms with E-state index >= 15 is 0 Å². The minimum atomic E-state index is -0.927. The van der Waals surface area contributed by atoms with Crippen molar-refractivity contribution in [1.82, 2.24) is 15.2 Å². The fourth-order valence-electron chi connectivity index (χ4n) is 5.94. The first kappa shape index (κ1) is 27.3. The number of aromatic amines is 1. The maximum atomic E-state index is 13.9. The van der Waals surface area contributed by atoms with Gasteiger partial charge in [0.25, 0.3) is 5.91 Å². The van der Waals surface area contributed by atoms with Crippen molar-refractivity contribution in [3.05, 3.63) is 89.6 Å². The molecule has 3 aromatic carbocycles. The Morgan fingerprint density at radius 1 is 1.02 bits per heavy atom. The highest BCUT2D eigenvalue weighted by Crippen LogP contribution is 2.39. The molecule has 3 amide bonds. The summed E-state index contributed by atoms with van der Waals surface area (Å²) in [4.78, 5) is 47.4. The van der Waals surface area contributed by atoms with E-state index in [0.717, 1.165) is 22.0 Å². The summed E-state index contributed by atoms with van der Waals surface area (Å²) in [5, 5.41) is 14.1. The van der Waals surface area contributed by atoms with Crippen molar-refractivity contribution in [2.45, 2.75) is 37.6 Å². The van der Waals surface area contributed by atoms with Crippen LogP contribution in [0.2, 0.25) is 0 Å². The van der Waals surface area contributed by atoms with Gasteiger partial charge in [0.2, 0.25) is 11.8 Å². The van der Waals surface area contributed by atoms with Crippen LogP contribution in [0.3, 0.4) is 0 Å². The Morgan fingerprint density at radius 2 is 1.74 bits per heavy atom. The second-order valence-corrected chi connectivity index (χ2v) is 10.6. The van der Waals surface area contributed by atoms with Crippen molar-refractivity contribution in [1.29, 1.82) is 0 Å². The molecule has 0 aliphatic carbocycles. The number of aromatic nitrogens is 1. The molecule has 1 fully saturated rings. The van der Waals surface area contributed by atoms with E-state index in [2.05, 4.69) is 10.3 Å². The summed E-state index contributed by atoms with van der Waals surface area (Å²) in [5.41, 5.74) is 3.65. The molecule has 0 saturated carbocycles. The summed E-state index contributed by atoms with van der Waals surface area (Å²) in [6, 6.07) is 18.8. The van der Waals surface area contributed by atoms with Crippen LogP contribution in [-0.2, 0) is 22.6 Å². The molecule has 10 nitrogen and oxygen atoms in total. The predicted octanol–water partition coefficient (Wildman–Crippen LogP) is 3.03. The average molecular weight is 569 g/mol. The summed E-state index contributed by atoms with van der Waals surface area (Å²) >= 11 is 0. The van der Waals surface area contributed by atoms with Gasteiger partial charge in [-0.25, -0.2) is 0 Å². The fourth-order valence-corrected chi connectivity index (χ4v) is 5.94. The molecule has 42 heavy (non-hydrogen) atoms. The number of amides is 3. The molecule has 0 spiro atoms. The van der Waals surface area contributed by atoms with E-state index in [0.29, 0.717) is 29.3 Å². The van der Waals surface area contributed by atoms with Crippen molar-refractivity contribution in [2.24, 2.45) is 0 Å². The Balaban J connectivity index is 1.28. The van der Waals surface area contributed by atoms with E-state index in [1.807, 2.05) is 60.7 Å². The molecule has 4 aromatic rings. The van der Waals surface area contributed by atoms with Crippen LogP contribution in [0.4, 0.5) is 5.69 Å². The smallest absolute Gasteiger partial charge is 0.256 e. The normalized spacial score (nSPS) is 20.0. The quantitative estimate of drug-likeness (QED) is 0.315. The first-order chi connectivity index (χ1) is 20.4. The third kappa shape index (κ3) is 4.94. The van der Waals surface area contributed by atoms with Crippen LogP contribution in [0.15, 0.2) is 72.9 Å². The Kier molecular flexibility index (Phi) is 7.30. The molecule has 3 N–H and O–H groups in total. The largest absolute Gasteiger partial charge is 0.493 e. The van der Waals surface area contributed by atoms with Crippen LogP contribution >= 0.6 is 0 Å². The second-order valence-electron chi connectivity index (χ2n) is 10.6. The van der Waals surface area contributed by atoms with E-state index in [1.54, 1.807) is 31.4 Å². The van der Waals surface area contributed by atoms with Gasteiger partial charge >= 0.3 is 0 Å². The number of rotatable bonds is 7. The van der Waals surface area contributed by atoms with Gasteiger partial charge in [-0.2, -0.15) is 0 Å². The van der Waals surface area contributed by atoms with Gasteiger partial charge in [-0.15, -0.1) is 0 Å². The second kappa shape index (κ2) is 11.2. The summed E-state index contributed by atoms with van der Waals surface area (Å²) in [5.74, 6) is -0.102. The Morgan fingerprint density at radius 3 is 2.50 bits per heavy atom. The summed E-state index contributed by atoms with van der Waals surface area (Å²) in [6.07, 6.45) is 1.08. The molecular formula is C32H32N4O6. The third-order valence-corrected chi connectivity index (χ3v) is 8.03. The van der Waals surface area contributed by atoms with E-state index in [9.17, 15) is 19.5 Å². The van der Waals surface area contributed by atoms with Gasteiger partial charge in [-0.05, 0) is 23.3 Å². The number of carbonyl (C=O) groups excluding carboxylic acids is 3. The van der Waals surface area contributed by atoms with Crippen LogP contribution in [0.25, 0.3) is 10.9 Å². The molecule has 2 aliphatic heterocycles. The number of aliphatic hydroxyl groups is 1. The van der Waals surface area contributed by atoms with Gasteiger partial charge in [-0.1, -0.05) is 48.5 Å². The van der Waals surface area contributed by atoms with Crippen molar-refractivity contribution in [2.75, 3.05) is 25.7 Å². The molecule has 1 aromatic heterocycles. The van der Waals surface area contributed by atoms with E-state index in [4.69, 9.17) is 9.47 Å². The standard InChI is InChI=1S/C32H32N4O6/c1-41-28-13-20-12-25(32(40)35(26(20)15-29(28)42-2)17-19-8-4-3-5-9-19)34-30(38)27-14-21(37)18-36(27)31(39)23-16-33-24-11-7-6-10-22(23)24/h3-11,13,15-16,21,25,27,33,37H,12,14,17-18H2,1-2H3,(H,34,38)/t21-,25?,27?/m1/s1. The van der Waals surface area contributed by atoms with Crippen molar-refractivity contribution < 1.29 is 29.0 Å². The van der Waals surface area contributed by atoms with Gasteiger partial charge in [-0.3, -0.25) is 14.4 Å². The molecule has 3 atom stereocenters. The van der Waals surface area contributed by atoms with Crippen LogP contribution in [0.1, 0.15) is 27.9 Å². The molecule has 2 unspecified atom stereocenters. The zero-order chi connectivity index (χ0) is 29.4. The number of aliphatic hydroxyl groups excluding tert-OH is 1. The topological polar surface area (TPSA) is 124 Å². The maximum absolute atomic E-state index is 13.9. The molecule has 3 heterocycles. The number of para-hydroxylation sites is 1. The number of H-pyrrole nitrogens is 1. The lowest BCUT2D eigenvalue weighted by atomic mass is 9.95. The first-order valence-electron chi connectivity index (χ1n) is 13.8. The predicted molar refractivity (Wildman–Crippen MR) is 157 cm³/mol. The molecule has 0 radical (unpaired) electrons. The maximum Gasteiger partial charge on any atom is 0.256 e. The molecule has 216 valence electrons. The summed E-state index contributed by atoms with van der Waals surface area (Å²) < 4.78 is 11.0. The first-order valence-corrected chi connectivity index (χ1v) is 13.8. The highest BCUT2D eigenvalue weighted by Gasteiger charge is 2.42. The monoisotopic (exact) mass is 568 g/mol. The van der Waals surface area contributed by atoms with Crippen molar-refractivity contribution in [3.63, 3.8) is 0 Å². The van der Waals surface area contributed by atoms with Gasteiger partial charge in [0.15, 0.2) is 11.5 Å². The number of benzene rings is 3. The van der Waals surface area contributed by atoms with Gasteiger partial charge in [0, 0.05) is 42.6 Å². The van der Waals surface area contributed by atoms with Crippen LogP contribution in [-0.4, -0.2) is 71.7 Å². The number of ether oxygens (including phenoxy) is 2. The number of anilines is 1.